The fourth-order valence-electron chi connectivity index (χ4n) is 4.42. The van der Waals surface area contributed by atoms with Crippen LogP contribution in [0.5, 0.6) is 0 Å². The first kappa shape index (κ1) is 28.8. The summed E-state index contributed by atoms with van der Waals surface area (Å²) >= 11 is 0. The van der Waals surface area contributed by atoms with Crippen LogP contribution in [-0.2, 0) is 14.3 Å². The zero-order chi connectivity index (χ0) is 23.3. The minimum atomic E-state index is -0.458. The van der Waals surface area contributed by atoms with E-state index in [9.17, 15) is 9.59 Å². The van der Waals surface area contributed by atoms with Crippen molar-refractivity contribution in [2.45, 2.75) is 142 Å². The SMILES string of the molecule is CCCCCCCCCCCCCCCCCCOC(=O)C1CCCN1C(=O)OCCC. The Kier molecular flexibility index (Phi) is 18.3. The van der Waals surface area contributed by atoms with Crippen molar-refractivity contribution in [3.05, 3.63) is 0 Å². The summed E-state index contributed by atoms with van der Waals surface area (Å²) in [7, 11) is 0. The summed E-state index contributed by atoms with van der Waals surface area (Å²) in [5, 5.41) is 0. The summed E-state index contributed by atoms with van der Waals surface area (Å²) < 4.78 is 10.6. The van der Waals surface area contributed by atoms with Crippen LogP contribution in [0.25, 0.3) is 0 Å². The van der Waals surface area contributed by atoms with E-state index in [0.717, 1.165) is 25.7 Å². The third-order valence-corrected chi connectivity index (χ3v) is 6.43. The minimum absolute atomic E-state index is 0.267. The lowest BCUT2D eigenvalue weighted by molar-refractivity contribution is -0.148. The normalized spacial score (nSPS) is 15.8. The Morgan fingerprint density at radius 3 is 1.66 bits per heavy atom. The van der Waals surface area contributed by atoms with Gasteiger partial charge in [0.25, 0.3) is 0 Å². The third kappa shape index (κ3) is 14.0. The van der Waals surface area contributed by atoms with Gasteiger partial charge in [-0.05, 0) is 25.7 Å². The maximum absolute atomic E-state index is 12.3. The van der Waals surface area contributed by atoms with E-state index in [4.69, 9.17) is 9.47 Å². The molecule has 5 heteroatoms. The van der Waals surface area contributed by atoms with E-state index in [0.29, 0.717) is 26.2 Å². The molecular weight excluding hydrogens is 402 g/mol. The van der Waals surface area contributed by atoms with Gasteiger partial charge in [-0.2, -0.15) is 0 Å². The predicted octanol–water partition coefficient (Wildman–Crippen LogP) is 7.80. The number of esters is 1. The lowest BCUT2D eigenvalue weighted by Gasteiger charge is -2.22. The number of amides is 1. The van der Waals surface area contributed by atoms with Crippen LogP contribution in [-0.4, -0.2) is 42.8 Å². The maximum Gasteiger partial charge on any atom is 0.410 e. The average Bonchev–Trinajstić information content (AvgIpc) is 3.29. The Labute approximate surface area is 198 Å². The van der Waals surface area contributed by atoms with Gasteiger partial charge in [-0.25, -0.2) is 9.59 Å². The van der Waals surface area contributed by atoms with Crippen LogP contribution >= 0.6 is 0 Å². The van der Waals surface area contributed by atoms with Crippen molar-refractivity contribution in [1.82, 2.24) is 4.90 Å². The van der Waals surface area contributed by atoms with E-state index in [1.165, 1.54) is 94.8 Å². The molecule has 0 aromatic heterocycles. The van der Waals surface area contributed by atoms with Gasteiger partial charge >= 0.3 is 12.1 Å². The standard InChI is InChI=1S/C27H51NO4/c1-3-5-6-7-8-9-10-11-12-13-14-15-16-17-18-19-24-31-26(29)25-21-20-22-28(25)27(30)32-23-4-2/h25H,3-24H2,1-2H3. The van der Waals surface area contributed by atoms with Gasteiger partial charge in [0.2, 0.25) is 0 Å². The van der Waals surface area contributed by atoms with Crippen molar-refractivity contribution in [2.24, 2.45) is 0 Å². The van der Waals surface area contributed by atoms with Crippen molar-refractivity contribution in [3.8, 4) is 0 Å². The van der Waals surface area contributed by atoms with Crippen LogP contribution in [0.4, 0.5) is 4.79 Å². The van der Waals surface area contributed by atoms with E-state index in [2.05, 4.69) is 6.92 Å². The molecule has 1 rings (SSSR count). The monoisotopic (exact) mass is 453 g/mol. The van der Waals surface area contributed by atoms with E-state index >= 15 is 0 Å². The van der Waals surface area contributed by atoms with Gasteiger partial charge in [0.05, 0.1) is 13.2 Å². The second-order valence-corrected chi connectivity index (χ2v) is 9.44. The van der Waals surface area contributed by atoms with Crippen LogP contribution in [0.1, 0.15) is 136 Å². The number of rotatable bonds is 20. The first-order chi connectivity index (χ1) is 15.7. The fourth-order valence-corrected chi connectivity index (χ4v) is 4.42. The number of ether oxygens (including phenoxy) is 2. The molecular formula is C27H51NO4. The number of unbranched alkanes of at least 4 members (excludes halogenated alkanes) is 15. The van der Waals surface area contributed by atoms with Crippen molar-refractivity contribution in [3.63, 3.8) is 0 Å². The molecule has 1 fully saturated rings. The second kappa shape index (κ2) is 20.4. The Balaban J connectivity index is 1.88. The smallest absolute Gasteiger partial charge is 0.410 e. The molecule has 32 heavy (non-hydrogen) atoms. The first-order valence-electron chi connectivity index (χ1n) is 13.8. The molecule has 0 radical (unpaired) electrons. The summed E-state index contributed by atoms with van der Waals surface area (Å²) in [6.45, 7) is 5.68. The molecule has 5 nitrogen and oxygen atoms in total. The molecule has 1 unspecified atom stereocenters. The van der Waals surface area contributed by atoms with E-state index < -0.39 is 6.04 Å². The zero-order valence-electron chi connectivity index (χ0n) is 21.2. The molecule has 0 bridgehead atoms. The van der Waals surface area contributed by atoms with E-state index in [1.807, 2.05) is 6.92 Å². The van der Waals surface area contributed by atoms with Crippen LogP contribution in [0.15, 0.2) is 0 Å². The second-order valence-electron chi connectivity index (χ2n) is 9.44. The van der Waals surface area contributed by atoms with Gasteiger partial charge in [0.15, 0.2) is 0 Å². The van der Waals surface area contributed by atoms with E-state index in [1.54, 1.807) is 0 Å². The molecule has 1 aliphatic heterocycles. The molecule has 0 N–H and O–H groups in total. The molecule has 188 valence electrons. The molecule has 1 amide bonds. The summed E-state index contributed by atoms with van der Waals surface area (Å²) in [5.74, 6) is -0.267. The van der Waals surface area contributed by atoms with Crippen molar-refractivity contribution in [2.75, 3.05) is 19.8 Å². The van der Waals surface area contributed by atoms with Crippen molar-refractivity contribution in [1.29, 1.82) is 0 Å². The quantitative estimate of drug-likeness (QED) is 0.139. The molecule has 0 aromatic carbocycles. The maximum atomic E-state index is 12.3. The van der Waals surface area contributed by atoms with Gasteiger partial charge in [-0.1, -0.05) is 110 Å². The predicted molar refractivity (Wildman–Crippen MR) is 132 cm³/mol. The third-order valence-electron chi connectivity index (χ3n) is 6.43. The lowest BCUT2D eigenvalue weighted by atomic mass is 10.0. The Hall–Kier alpha value is -1.26. The van der Waals surface area contributed by atoms with Crippen molar-refractivity contribution >= 4 is 12.1 Å². The highest BCUT2D eigenvalue weighted by Gasteiger charge is 2.36. The molecule has 1 aliphatic rings. The topological polar surface area (TPSA) is 55.8 Å². The fraction of sp³-hybridized carbons (Fsp3) is 0.926. The first-order valence-corrected chi connectivity index (χ1v) is 13.8. The molecule has 0 aromatic rings. The Morgan fingerprint density at radius 1 is 0.656 bits per heavy atom. The highest BCUT2D eigenvalue weighted by Crippen LogP contribution is 2.20. The summed E-state index contributed by atoms with van der Waals surface area (Å²) in [4.78, 5) is 25.9. The average molecular weight is 454 g/mol. The minimum Gasteiger partial charge on any atom is -0.464 e. The van der Waals surface area contributed by atoms with Gasteiger partial charge in [0, 0.05) is 6.54 Å². The number of nitrogens with zero attached hydrogens (tertiary/aromatic N) is 1. The van der Waals surface area contributed by atoms with Gasteiger partial charge in [0.1, 0.15) is 6.04 Å². The number of hydrogen-bond acceptors (Lipinski definition) is 4. The molecule has 0 aliphatic carbocycles. The molecule has 0 spiro atoms. The molecule has 1 atom stereocenters. The van der Waals surface area contributed by atoms with Crippen LogP contribution in [0, 0.1) is 0 Å². The highest BCUT2D eigenvalue weighted by atomic mass is 16.6. The Bertz CT molecular complexity index is 469. The number of carbonyl (C=O) groups is 2. The van der Waals surface area contributed by atoms with Crippen LogP contribution in [0.2, 0.25) is 0 Å². The van der Waals surface area contributed by atoms with Crippen LogP contribution < -0.4 is 0 Å². The lowest BCUT2D eigenvalue weighted by Crippen LogP contribution is -2.41. The van der Waals surface area contributed by atoms with Gasteiger partial charge < -0.3 is 9.47 Å². The Morgan fingerprint density at radius 2 is 1.16 bits per heavy atom. The zero-order valence-corrected chi connectivity index (χ0v) is 21.2. The van der Waals surface area contributed by atoms with Crippen LogP contribution in [0.3, 0.4) is 0 Å². The number of carbonyl (C=O) groups excluding carboxylic acids is 2. The van der Waals surface area contributed by atoms with Gasteiger partial charge in [-0.15, -0.1) is 0 Å². The molecule has 1 saturated heterocycles. The van der Waals surface area contributed by atoms with Gasteiger partial charge in [-0.3, -0.25) is 4.90 Å². The summed E-state index contributed by atoms with van der Waals surface area (Å²) in [5.41, 5.74) is 0. The van der Waals surface area contributed by atoms with E-state index in [-0.39, 0.29) is 12.1 Å². The summed E-state index contributed by atoms with van der Waals surface area (Å²) in [6, 6.07) is -0.458. The highest BCUT2D eigenvalue weighted by molar-refractivity contribution is 5.82. The largest absolute Gasteiger partial charge is 0.464 e. The molecule has 0 saturated carbocycles. The molecule has 1 heterocycles. The van der Waals surface area contributed by atoms with Crippen molar-refractivity contribution < 1.29 is 19.1 Å². The number of hydrogen-bond donors (Lipinski definition) is 0. The number of likely N-dealkylation sites (tertiary alicyclic amines) is 1. The summed E-state index contributed by atoms with van der Waals surface area (Å²) in [6.07, 6.45) is 23.2.